The molecule has 34 heavy (non-hydrogen) atoms. The number of rotatable bonds is 12. The SMILES string of the molecule is CCCCNC(=O)[C@@H](CC)N(Cc1cccc(C)c1)C(=O)CN(c1ccc(C)cc1)S(C)(=O)=O. The molecule has 0 unspecified atom stereocenters. The average Bonchev–Trinajstić information content (AvgIpc) is 2.77. The lowest BCUT2D eigenvalue weighted by Crippen LogP contribution is -2.52. The van der Waals surface area contributed by atoms with E-state index in [4.69, 9.17) is 0 Å². The molecule has 0 fully saturated rings. The highest BCUT2D eigenvalue weighted by atomic mass is 32.2. The topological polar surface area (TPSA) is 86.8 Å². The van der Waals surface area contributed by atoms with E-state index in [1.807, 2.05) is 52.0 Å². The van der Waals surface area contributed by atoms with Gasteiger partial charge in [0.05, 0.1) is 11.9 Å². The van der Waals surface area contributed by atoms with Crippen molar-refractivity contribution in [1.29, 1.82) is 0 Å². The van der Waals surface area contributed by atoms with Crippen LogP contribution in [-0.4, -0.2) is 50.5 Å². The number of hydrogen-bond donors (Lipinski definition) is 1. The van der Waals surface area contributed by atoms with Gasteiger partial charge in [-0.2, -0.15) is 0 Å². The number of benzene rings is 2. The van der Waals surface area contributed by atoms with Gasteiger partial charge >= 0.3 is 0 Å². The summed E-state index contributed by atoms with van der Waals surface area (Å²) in [6, 6.07) is 14.0. The van der Waals surface area contributed by atoms with Gasteiger partial charge < -0.3 is 10.2 Å². The number of nitrogens with one attached hydrogen (secondary N) is 1. The number of hydrogen-bond acceptors (Lipinski definition) is 4. The van der Waals surface area contributed by atoms with Crippen LogP contribution in [0.15, 0.2) is 48.5 Å². The Labute approximate surface area is 204 Å². The van der Waals surface area contributed by atoms with Crippen molar-refractivity contribution >= 4 is 27.5 Å². The zero-order chi connectivity index (χ0) is 25.3. The van der Waals surface area contributed by atoms with E-state index in [1.54, 1.807) is 24.3 Å². The fourth-order valence-corrected chi connectivity index (χ4v) is 4.61. The number of carbonyl (C=O) groups excluding carboxylic acids is 2. The highest BCUT2D eigenvalue weighted by molar-refractivity contribution is 7.92. The van der Waals surface area contributed by atoms with E-state index < -0.39 is 22.0 Å². The minimum atomic E-state index is -3.72. The van der Waals surface area contributed by atoms with Gasteiger partial charge in [0, 0.05) is 13.1 Å². The lowest BCUT2D eigenvalue weighted by molar-refractivity contribution is -0.140. The van der Waals surface area contributed by atoms with Gasteiger partial charge in [-0.15, -0.1) is 0 Å². The molecule has 186 valence electrons. The Morgan fingerprint density at radius 1 is 1.00 bits per heavy atom. The normalized spacial score (nSPS) is 12.1. The predicted molar refractivity (Wildman–Crippen MR) is 137 cm³/mol. The molecule has 0 aliphatic heterocycles. The Morgan fingerprint density at radius 3 is 2.24 bits per heavy atom. The van der Waals surface area contributed by atoms with Crippen molar-refractivity contribution in [1.82, 2.24) is 10.2 Å². The summed E-state index contributed by atoms with van der Waals surface area (Å²) >= 11 is 0. The summed E-state index contributed by atoms with van der Waals surface area (Å²) in [5.74, 6) is -0.650. The Morgan fingerprint density at radius 2 is 1.68 bits per heavy atom. The summed E-state index contributed by atoms with van der Waals surface area (Å²) in [5.41, 5.74) is 3.33. The second-order valence-corrected chi connectivity index (χ2v) is 10.6. The fraction of sp³-hybridized carbons (Fsp3) is 0.462. The summed E-state index contributed by atoms with van der Waals surface area (Å²) in [6.07, 6.45) is 3.30. The van der Waals surface area contributed by atoms with E-state index in [9.17, 15) is 18.0 Å². The first kappa shape index (κ1) is 27.4. The molecule has 0 aliphatic carbocycles. The van der Waals surface area contributed by atoms with E-state index in [1.165, 1.54) is 4.90 Å². The summed E-state index contributed by atoms with van der Waals surface area (Å²) in [7, 11) is -3.72. The van der Waals surface area contributed by atoms with Gasteiger partial charge in [-0.1, -0.05) is 67.8 Å². The third kappa shape index (κ3) is 7.87. The number of unbranched alkanes of at least 4 members (excludes halogenated alkanes) is 1. The minimum Gasteiger partial charge on any atom is -0.354 e. The zero-order valence-corrected chi connectivity index (χ0v) is 21.7. The highest BCUT2D eigenvalue weighted by Gasteiger charge is 2.31. The van der Waals surface area contributed by atoms with Crippen LogP contribution in [0.4, 0.5) is 5.69 Å². The van der Waals surface area contributed by atoms with E-state index in [0.717, 1.165) is 40.1 Å². The second kappa shape index (κ2) is 12.6. The Hall–Kier alpha value is -2.87. The first-order valence-corrected chi connectivity index (χ1v) is 13.6. The maximum absolute atomic E-state index is 13.6. The van der Waals surface area contributed by atoms with Crippen LogP contribution >= 0.6 is 0 Å². The summed E-state index contributed by atoms with van der Waals surface area (Å²) < 4.78 is 26.3. The average molecular weight is 488 g/mol. The molecule has 0 aromatic heterocycles. The van der Waals surface area contributed by atoms with Gasteiger partial charge in [0.15, 0.2) is 0 Å². The van der Waals surface area contributed by atoms with Crippen molar-refractivity contribution < 1.29 is 18.0 Å². The monoisotopic (exact) mass is 487 g/mol. The lowest BCUT2D eigenvalue weighted by Gasteiger charge is -2.33. The van der Waals surface area contributed by atoms with Crippen molar-refractivity contribution in [2.45, 2.75) is 59.5 Å². The Bertz CT molecular complexity index is 1070. The molecule has 0 heterocycles. The molecule has 2 aromatic rings. The molecule has 0 bridgehead atoms. The maximum Gasteiger partial charge on any atom is 0.244 e. The molecule has 1 N–H and O–H groups in total. The molecule has 0 saturated heterocycles. The van der Waals surface area contributed by atoms with Crippen LogP contribution in [0.5, 0.6) is 0 Å². The highest BCUT2D eigenvalue weighted by Crippen LogP contribution is 2.20. The van der Waals surface area contributed by atoms with E-state index in [2.05, 4.69) is 5.32 Å². The van der Waals surface area contributed by atoms with Gasteiger partial charge in [0.2, 0.25) is 21.8 Å². The quantitative estimate of drug-likeness (QED) is 0.462. The molecule has 0 aliphatic rings. The Balaban J connectivity index is 2.39. The van der Waals surface area contributed by atoms with E-state index in [-0.39, 0.29) is 19.0 Å². The zero-order valence-electron chi connectivity index (χ0n) is 20.9. The summed E-state index contributed by atoms with van der Waals surface area (Å²) in [4.78, 5) is 28.1. The van der Waals surface area contributed by atoms with Crippen LogP contribution in [0.3, 0.4) is 0 Å². The molecule has 2 aromatic carbocycles. The molecular formula is C26H37N3O4S. The van der Waals surface area contributed by atoms with Crippen molar-refractivity contribution in [3.8, 4) is 0 Å². The van der Waals surface area contributed by atoms with Crippen LogP contribution in [0.25, 0.3) is 0 Å². The molecule has 0 saturated carbocycles. The van der Waals surface area contributed by atoms with E-state index >= 15 is 0 Å². The van der Waals surface area contributed by atoms with Gasteiger partial charge in [-0.3, -0.25) is 13.9 Å². The van der Waals surface area contributed by atoms with Crippen molar-refractivity contribution in [3.05, 3.63) is 65.2 Å². The molecule has 2 amide bonds. The fourth-order valence-electron chi connectivity index (χ4n) is 3.76. The number of nitrogens with zero attached hydrogens (tertiary/aromatic N) is 2. The van der Waals surface area contributed by atoms with Crippen molar-refractivity contribution in [3.63, 3.8) is 0 Å². The molecular weight excluding hydrogens is 450 g/mol. The standard InChI is InChI=1S/C26H37N3O4S/c1-6-8-16-27-26(31)24(7-2)28(18-22-11-9-10-21(4)17-22)25(30)19-29(34(5,32)33)23-14-12-20(3)13-15-23/h9-15,17,24H,6-8,16,18-19H2,1-5H3,(H,27,31)/t24-/m1/s1. The Kier molecular flexibility index (Phi) is 10.1. The summed E-state index contributed by atoms with van der Waals surface area (Å²) in [5, 5.41) is 2.92. The molecule has 2 rings (SSSR count). The summed E-state index contributed by atoms with van der Waals surface area (Å²) in [6.45, 7) is 8.14. The lowest BCUT2D eigenvalue weighted by atomic mass is 10.1. The van der Waals surface area contributed by atoms with Crippen LogP contribution in [0.2, 0.25) is 0 Å². The molecule has 0 radical (unpaired) electrons. The minimum absolute atomic E-state index is 0.214. The number of amides is 2. The predicted octanol–water partition coefficient (Wildman–Crippen LogP) is 3.79. The largest absolute Gasteiger partial charge is 0.354 e. The molecule has 0 spiro atoms. The first-order valence-electron chi connectivity index (χ1n) is 11.7. The number of aryl methyl sites for hydroxylation is 2. The smallest absolute Gasteiger partial charge is 0.244 e. The molecule has 7 nitrogen and oxygen atoms in total. The van der Waals surface area contributed by atoms with Crippen LogP contribution in [0, 0.1) is 13.8 Å². The number of sulfonamides is 1. The van der Waals surface area contributed by atoms with Crippen molar-refractivity contribution in [2.75, 3.05) is 23.7 Å². The molecule has 8 heteroatoms. The van der Waals surface area contributed by atoms with Gasteiger partial charge in [0.1, 0.15) is 12.6 Å². The van der Waals surface area contributed by atoms with Gasteiger partial charge in [-0.25, -0.2) is 8.42 Å². The maximum atomic E-state index is 13.6. The van der Waals surface area contributed by atoms with Gasteiger partial charge in [0.25, 0.3) is 0 Å². The van der Waals surface area contributed by atoms with Crippen LogP contribution in [-0.2, 0) is 26.2 Å². The van der Waals surface area contributed by atoms with Gasteiger partial charge in [-0.05, 0) is 44.4 Å². The molecule has 1 atom stereocenters. The third-order valence-corrected chi connectivity index (χ3v) is 6.79. The second-order valence-electron chi connectivity index (χ2n) is 8.68. The van der Waals surface area contributed by atoms with Crippen LogP contribution in [0.1, 0.15) is 49.8 Å². The first-order chi connectivity index (χ1) is 16.1. The van der Waals surface area contributed by atoms with E-state index in [0.29, 0.717) is 18.7 Å². The number of carbonyl (C=O) groups is 2. The van der Waals surface area contributed by atoms with Crippen molar-refractivity contribution in [2.24, 2.45) is 0 Å². The third-order valence-electron chi connectivity index (χ3n) is 5.65. The van der Waals surface area contributed by atoms with Crippen LogP contribution < -0.4 is 9.62 Å². The number of anilines is 1.